The molecular weight excluding hydrogens is 358 g/mol. The van der Waals surface area contributed by atoms with Gasteiger partial charge in [-0.15, -0.1) is 0 Å². The van der Waals surface area contributed by atoms with Crippen LogP contribution in [0.5, 0.6) is 0 Å². The Hall–Kier alpha value is -4.05. The molecule has 4 nitrogen and oxygen atoms in total. The molecule has 1 aromatic heterocycles. The van der Waals surface area contributed by atoms with E-state index in [9.17, 15) is 4.79 Å². The lowest BCUT2D eigenvalue weighted by Crippen LogP contribution is -1.86. The first-order valence-corrected chi connectivity index (χ1v) is 9.24. The summed E-state index contributed by atoms with van der Waals surface area (Å²) < 4.78 is 0. The van der Waals surface area contributed by atoms with Crippen molar-refractivity contribution in [3.63, 3.8) is 0 Å². The average Bonchev–Trinajstić information content (AvgIpc) is 3.16. The van der Waals surface area contributed by atoms with Crippen LogP contribution in [0, 0.1) is 0 Å². The predicted octanol–water partition coefficient (Wildman–Crippen LogP) is 5.67. The molecule has 0 aliphatic rings. The number of nitrogens with two attached hydrogens (primary N) is 2. The fraction of sp³-hybridized carbons (Fsp3) is 0. The van der Waals surface area contributed by atoms with Gasteiger partial charge in [0, 0.05) is 38.7 Å². The van der Waals surface area contributed by atoms with Crippen molar-refractivity contribution in [2.45, 2.75) is 0 Å². The van der Waals surface area contributed by atoms with Gasteiger partial charge in [0.25, 0.3) is 0 Å². The molecule has 0 bridgehead atoms. The van der Waals surface area contributed by atoms with Gasteiger partial charge in [-0.25, -0.2) is 0 Å². The van der Waals surface area contributed by atoms with Crippen molar-refractivity contribution in [1.82, 2.24) is 4.98 Å². The van der Waals surface area contributed by atoms with E-state index in [4.69, 9.17) is 11.5 Å². The number of hydrogen-bond donors (Lipinski definition) is 3. The number of nitrogen functional groups attached to an aromatic ring is 2. The second-order valence-electron chi connectivity index (χ2n) is 6.41. The highest BCUT2D eigenvalue weighted by atomic mass is 16.1. The molecule has 0 aliphatic carbocycles. The zero-order valence-corrected chi connectivity index (χ0v) is 16.0. The summed E-state index contributed by atoms with van der Waals surface area (Å²) in [5.74, 6) is 0. The van der Waals surface area contributed by atoms with Gasteiger partial charge < -0.3 is 16.5 Å². The van der Waals surface area contributed by atoms with Gasteiger partial charge in [-0.1, -0.05) is 66.7 Å². The number of para-hydroxylation sites is 2. The second kappa shape index (κ2) is 9.76. The number of hydrogen-bond acceptors (Lipinski definition) is 3. The summed E-state index contributed by atoms with van der Waals surface area (Å²) in [4.78, 5) is 13.4. The summed E-state index contributed by atoms with van der Waals surface area (Å²) in [5, 5.41) is 2.61. The van der Waals surface area contributed by atoms with E-state index in [2.05, 4.69) is 53.5 Å². The number of anilines is 2. The zero-order chi connectivity index (χ0) is 20.5. The third kappa shape index (κ3) is 5.47. The molecule has 5 rings (SSSR count). The smallest absolute Gasteiger partial charge is 0.150 e. The highest BCUT2D eigenvalue weighted by Gasteiger charge is 2.00. The zero-order valence-electron chi connectivity index (χ0n) is 16.0. The number of nitrogens with one attached hydrogen (secondary N) is 1. The average molecular weight is 381 g/mol. The van der Waals surface area contributed by atoms with Crippen molar-refractivity contribution in [3.8, 4) is 0 Å². The molecule has 0 unspecified atom stereocenters. The minimum atomic E-state index is 0.729. The minimum Gasteiger partial charge on any atom is -0.399 e. The third-order valence-electron chi connectivity index (χ3n) is 4.29. The Labute approximate surface area is 169 Å². The molecule has 0 saturated heterocycles. The van der Waals surface area contributed by atoms with Crippen LogP contribution in [-0.2, 0) is 0 Å². The standard InChI is InChI=1S/C12H9N.C7H6O.C6H8N2/c1-3-7-11-9(5-1)10-6-2-4-8-12(10)13-11;8-6-7-4-2-1-3-5-7;7-5-1-2-6(8)4-3-5/h1-8,13H;1-6H;1-4H,7-8H2. The molecule has 0 saturated carbocycles. The summed E-state index contributed by atoms with van der Waals surface area (Å²) >= 11 is 0. The summed E-state index contributed by atoms with van der Waals surface area (Å²) in [6.45, 7) is 0. The number of aromatic amines is 1. The van der Waals surface area contributed by atoms with Crippen molar-refractivity contribution >= 4 is 39.5 Å². The lowest BCUT2D eigenvalue weighted by molar-refractivity contribution is 0.112. The van der Waals surface area contributed by atoms with Crippen LogP contribution in [0.1, 0.15) is 10.4 Å². The first-order chi connectivity index (χ1) is 14.2. The van der Waals surface area contributed by atoms with E-state index in [-0.39, 0.29) is 0 Å². The van der Waals surface area contributed by atoms with Crippen molar-refractivity contribution < 1.29 is 4.79 Å². The van der Waals surface area contributed by atoms with Crippen LogP contribution >= 0.6 is 0 Å². The van der Waals surface area contributed by atoms with Crippen LogP contribution in [0.2, 0.25) is 0 Å². The van der Waals surface area contributed by atoms with Gasteiger partial charge in [0.15, 0.2) is 0 Å². The van der Waals surface area contributed by atoms with Gasteiger partial charge in [-0.05, 0) is 36.4 Å². The van der Waals surface area contributed by atoms with Gasteiger partial charge in [0.2, 0.25) is 0 Å². The molecule has 0 aliphatic heterocycles. The summed E-state index contributed by atoms with van der Waals surface area (Å²) in [5.41, 5.74) is 15.4. The van der Waals surface area contributed by atoms with Gasteiger partial charge in [0.05, 0.1) is 0 Å². The molecule has 5 N–H and O–H groups in total. The van der Waals surface area contributed by atoms with Gasteiger partial charge in [0.1, 0.15) is 6.29 Å². The summed E-state index contributed by atoms with van der Waals surface area (Å²) in [7, 11) is 0. The van der Waals surface area contributed by atoms with Crippen LogP contribution in [0.4, 0.5) is 11.4 Å². The van der Waals surface area contributed by atoms with Crippen LogP contribution in [0.15, 0.2) is 103 Å². The summed E-state index contributed by atoms with van der Waals surface area (Å²) in [6, 6.07) is 32.9. The van der Waals surface area contributed by atoms with E-state index < -0.39 is 0 Å². The fourth-order valence-electron chi connectivity index (χ4n) is 2.83. The molecular formula is C25H23N3O. The minimum absolute atomic E-state index is 0.729. The Morgan fingerprint density at radius 2 is 0.966 bits per heavy atom. The number of aldehydes is 1. The number of H-pyrrole nitrogens is 1. The van der Waals surface area contributed by atoms with E-state index in [0.29, 0.717) is 0 Å². The molecule has 4 heteroatoms. The van der Waals surface area contributed by atoms with Crippen LogP contribution in [-0.4, -0.2) is 11.3 Å². The maximum Gasteiger partial charge on any atom is 0.150 e. The van der Waals surface area contributed by atoms with Crippen LogP contribution in [0.25, 0.3) is 21.8 Å². The SMILES string of the molecule is Nc1ccc(N)cc1.O=Cc1ccccc1.c1ccc2c(c1)[nH]c1ccccc12. The highest BCUT2D eigenvalue weighted by Crippen LogP contribution is 2.24. The van der Waals surface area contributed by atoms with Crippen LogP contribution < -0.4 is 11.5 Å². The molecule has 0 fully saturated rings. The quantitative estimate of drug-likeness (QED) is 0.258. The second-order valence-corrected chi connectivity index (χ2v) is 6.41. The maximum atomic E-state index is 10.0. The van der Waals surface area contributed by atoms with Crippen molar-refractivity contribution in [2.24, 2.45) is 0 Å². The molecule has 0 spiro atoms. The highest BCUT2D eigenvalue weighted by molar-refractivity contribution is 6.06. The Bertz CT molecular complexity index is 1110. The first-order valence-electron chi connectivity index (χ1n) is 9.24. The van der Waals surface area contributed by atoms with Crippen molar-refractivity contribution in [3.05, 3.63) is 109 Å². The third-order valence-corrected chi connectivity index (χ3v) is 4.29. The fourth-order valence-corrected chi connectivity index (χ4v) is 2.83. The number of benzene rings is 4. The van der Waals surface area contributed by atoms with E-state index in [1.165, 1.54) is 21.8 Å². The predicted molar refractivity (Wildman–Crippen MR) is 123 cm³/mol. The molecule has 1 heterocycles. The number of carbonyl (C=O) groups is 1. The molecule has 0 atom stereocenters. The van der Waals surface area contributed by atoms with Gasteiger partial charge >= 0.3 is 0 Å². The van der Waals surface area contributed by atoms with Crippen molar-refractivity contribution in [2.75, 3.05) is 11.5 Å². The largest absolute Gasteiger partial charge is 0.399 e. The molecule has 4 aromatic carbocycles. The number of carbonyl (C=O) groups excluding carboxylic acids is 1. The number of aromatic nitrogens is 1. The molecule has 5 aromatic rings. The van der Waals surface area contributed by atoms with Gasteiger partial charge in [-0.2, -0.15) is 0 Å². The maximum absolute atomic E-state index is 10.0. The number of fused-ring (bicyclic) bond motifs is 3. The van der Waals surface area contributed by atoms with Crippen LogP contribution in [0.3, 0.4) is 0 Å². The Kier molecular flexibility index (Phi) is 6.63. The normalized spacial score (nSPS) is 9.79. The monoisotopic (exact) mass is 381 g/mol. The summed E-state index contributed by atoms with van der Waals surface area (Å²) in [6.07, 6.45) is 0.833. The molecule has 0 amide bonds. The van der Waals surface area contributed by atoms with E-state index >= 15 is 0 Å². The van der Waals surface area contributed by atoms with Gasteiger partial charge in [-0.3, -0.25) is 4.79 Å². The Balaban J connectivity index is 0.000000132. The molecule has 29 heavy (non-hydrogen) atoms. The van der Waals surface area contributed by atoms with E-state index in [1.54, 1.807) is 36.4 Å². The van der Waals surface area contributed by atoms with E-state index in [1.807, 2.05) is 18.2 Å². The molecule has 0 radical (unpaired) electrons. The lowest BCUT2D eigenvalue weighted by Gasteiger charge is -1.90. The van der Waals surface area contributed by atoms with Crippen molar-refractivity contribution in [1.29, 1.82) is 0 Å². The molecule has 144 valence electrons. The topological polar surface area (TPSA) is 84.9 Å². The van der Waals surface area contributed by atoms with E-state index in [0.717, 1.165) is 23.2 Å². The number of rotatable bonds is 1. The first kappa shape index (κ1) is 19.7. The lowest BCUT2D eigenvalue weighted by atomic mass is 10.2. The Morgan fingerprint density at radius 1 is 0.552 bits per heavy atom. The Morgan fingerprint density at radius 3 is 1.38 bits per heavy atom.